The predicted octanol–water partition coefficient (Wildman–Crippen LogP) is 7.19. The Balaban J connectivity index is 1.45. The standard InChI is InChI=1S/C39H45NO7S/c1-39(2,3)48(41)40-29-46-38-37(45-27-33-22-14-7-15-23-33)36(44-26-32-20-12-6-13-21-32)35(43-25-31-18-10-5-11-19-31)34(47-38)28-42-24-30-16-8-4-9-17-30/h4-23,29,34-38H,24-28H2,1-3H3/b40-29+/t34-,35-,36+,37-,38-,48?/m1/s1. The summed E-state index contributed by atoms with van der Waals surface area (Å²) < 4.78 is 55.2. The maximum atomic E-state index is 12.7. The van der Waals surface area contributed by atoms with Gasteiger partial charge in [-0.15, -0.1) is 0 Å². The summed E-state index contributed by atoms with van der Waals surface area (Å²) in [5.41, 5.74) is 4.04. The molecule has 8 nitrogen and oxygen atoms in total. The maximum Gasteiger partial charge on any atom is 0.230 e. The van der Waals surface area contributed by atoms with Gasteiger partial charge in [-0.2, -0.15) is 4.40 Å². The van der Waals surface area contributed by atoms with E-state index in [0.29, 0.717) is 19.8 Å². The van der Waals surface area contributed by atoms with E-state index in [9.17, 15) is 4.21 Å². The van der Waals surface area contributed by atoms with Crippen LogP contribution in [-0.2, 0) is 65.8 Å². The highest BCUT2D eigenvalue weighted by atomic mass is 32.2. The van der Waals surface area contributed by atoms with Gasteiger partial charge in [0.1, 0.15) is 35.4 Å². The van der Waals surface area contributed by atoms with Gasteiger partial charge in [-0.05, 0) is 43.0 Å². The Hall–Kier alpha value is -3.70. The van der Waals surface area contributed by atoms with Crippen LogP contribution in [0.5, 0.6) is 0 Å². The van der Waals surface area contributed by atoms with Gasteiger partial charge in [-0.3, -0.25) is 0 Å². The van der Waals surface area contributed by atoms with E-state index in [1.807, 2.05) is 142 Å². The van der Waals surface area contributed by atoms with E-state index in [1.165, 1.54) is 6.40 Å². The van der Waals surface area contributed by atoms with Crippen molar-refractivity contribution >= 4 is 17.4 Å². The molecule has 0 N–H and O–H groups in total. The number of hydrogen-bond acceptors (Lipinski definition) is 7. The van der Waals surface area contributed by atoms with E-state index >= 15 is 0 Å². The summed E-state index contributed by atoms with van der Waals surface area (Å²) in [6.07, 6.45) is -2.33. The zero-order valence-electron chi connectivity index (χ0n) is 27.8. The Bertz CT molecular complexity index is 1530. The normalized spacial score (nSPS) is 22.0. The number of nitrogens with zero attached hydrogens (tertiary/aromatic N) is 1. The van der Waals surface area contributed by atoms with Crippen molar-refractivity contribution in [3.8, 4) is 0 Å². The molecule has 0 bridgehead atoms. The summed E-state index contributed by atoms with van der Waals surface area (Å²) in [4.78, 5) is 0. The lowest BCUT2D eigenvalue weighted by atomic mass is 9.97. The number of benzene rings is 4. The van der Waals surface area contributed by atoms with Crippen LogP contribution in [0.25, 0.3) is 0 Å². The van der Waals surface area contributed by atoms with E-state index in [0.717, 1.165) is 22.3 Å². The van der Waals surface area contributed by atoms with Crippen molar-refractivity contribution in [1.29, 1.82) is 0 Å². The molecule has 0 aliphatic carbocycles. The molecule has 5 rings (SSSR count). The third-order valence-electron chi connectivity index (χ3n) is 7.70. The van der Waals surface area contributed by atoms with Gasteiger partial charge in [-0.1, -0.05) is 121 Å². The topological polar surface area (TPSA) is 84.8 Å². The Morgan fingerprint density at radius 1 is 0.625 bits per heavy atom. The molecule has 0 aromatic heterocycles. The monoisotopic (exact) mass is 671 g/mol. The molecule has 9 heteroatoms. The quantitative estimate of drug-likeness (QED) is 0.0921. The van der Waals surface area contributed by atoms with Crippen LogP contribution in [0.15, 0.2) is 126 Å². The molecular weight excluding hydrogens is 626 g/mol. The maximum absolute atomic E-state index is 12.7. The zero-order valence-corrected chi connectivity index (χ0v) is 28.6. The average Bonchev–Trinajstić information content (AvgIpc) is 3.11. The highest BCUT2D eigenvalue weighted by Crippen LogP contribution is 2.31. The van der Waals surface area contributed by atoms with Crippen LogP contribution < -0.4 is 0 Å². The van der Waals surface area contributed by atoms with Crippen LogP contribution in [0.4, 0.5) is 0 Å². The highest BCUT2D eigenvalue weighted by molar-refractivity contribution is 7.85. The first-order chi connectivity index (χ1) is 23.4. The number of rotatable bonds is 16. The third-order valence-corrected chi connectivity index (χ3v) is 9.02. The zero-order chi connectivity index (χ0) is 33.6. The molecule has 1 aliphatic heterocycles. The highest BCUT2D eigenvalue weighted by Gasteiger charge is 2.49. The molecule has 254 valence electrons. The summed E-state index contributed by atoms with van der Waals surface area (Å²) in [6, 6.07) is 39.8. The molecule has 0 saturated carbocycles. The van der Waals surface area contributed by atoms with E-state index < -0.39 is 46.4 Å². The minimum Gasteiger partial charge on any atom is -0.451 e. The molecule has 0 spiro atoms. The smallest absolute Gasteiger partial charge is 0.230 e. The summed E-state index contributed by atoms with van der Waals surface area (Å²) in [5.74, 6) is 0. The minimum absolute atomic E-state index is 0.204. The molecule has 0 amide bonds. The molecule has 4 aromatic rings. The molecule has 1 aliphatic rings. The average molecular weight is 672 g/mol. The summed E-state index contributed by atoms with van der Waals surface area (Å²) in [5, 5.41) is 0. The van der Waals surface area contributed by atoms with E-state index in [2.05, 4.69) is 4.40 Å². The van der Waals surface area contributed by atoms with Crippen LogP contribution in [0, 0.1) is 0 Å². The van der Waals surface area contributed by atoms with Gasteiger partial charge >= 0.3 is 0 Å². The predicted molar refractivity (Wildman–Crippen MR) is 187 cm³/mol. The van der Waals surface area contributed by atoms with E-state index in [-0.39, 0.29) is 13.2 Å². The van der Waals surface area contributed by atoms with Crippen molar-refractivity contribution in [2.75, 3.05) is 6.61 Å². The Morgan fingerprint density at radius 3 is 1.50 bits per heavy atom. The molecule has 1 heterocycles. The van der Waals surface area contributed by atoms with Crippen LogP contribution >= 0.6 is 0 Å². The fourth-order valence-electron chi connectivity index (χ4n) is 5.14. The van der Waals surface area contributed by atoms with Crippen LogP contribution in [-0.4, -0.2) is 52.7 Å². The fraction of sp³-hybridized carbons (Fsp3) is 0.359. The molecule has 0 radical (unpaired) electrons. The lowest BCUT2D eigenvalue weighted by molar-refractivity contribution is -0.312. The van der Waals surface area contributed by atoms with Crippen molar-refractivity contribution in [3.05, 3.63) is 144 Å². The first-order valence-electron chi connectivity index (χ1n) is 16.2. The van der Waals surface area contributed by atoms with Gasteiger partial charge in [0, 0.05) is 0 Å². The Morgan fingerprint density at radius 2 is 1.04 bits per heavy atom. The summed E-state index contributed by atoms with van der Waals surface area (Å²) in [6.45, 7) is 7.09. The molecule has 1 unspecified atom stereocenters. The van der Waals surface area contributed by atoms with Gasteiger partial charge in [0.2, 0.25) is 6.29 Å². The molecule has 6 atom stereocenters. The Labute approximate surface area is 286 Å². The van der Waals surface area contributed by atoms with Crippen LogP contribution in [0.1, 0.15) is 43.0 Å². The largest absolute Gasteiger partial charge is 0.451 e. The number of ether oxygens (including phenoxy) is 6. The van der Waals surface area contributed by atoms with Crippen molar-refractivity contribution in [2.45, 2.75) is 82.7 Å². The first kappa shape index (κ1) is 35.6. The minimum atomic E-state index is -1.52. The summed E-state index contributed by atoms with van der Waals surface area (Å²) in [7, 11) is -1.52. The van der Waals surface area contributed by atoms with Gasteiger partial charge < -0.3 is 28.4 Å². The van der Waals surface area contributed by atoms with Gasteiger partial charge in [0.25, 0.3) is 0 Å². The van der Waals surface area contributed by atoms with Crippen molar-refractivity contribution in [3.63, 3.8) is 0 Å². The van der Waals surface area contributed by atoms with Crippen molar-refractivity contribution in [2.24, 2.45) is 4.40 Å². The summed E-state index contributed by atoms with van der Waals surface area (Å²) >= 11 is 0. The first-order valence-corrected chi connectivity index (χ1v) is 17.3. The number of hydrogen-bond donors (Lipinski definition) is 0. The second kappa shape index (κ2) is 18.2. The second-order valence-electron chi connectivity index (χ2n) is 12.5. The molecule has 4 aromatic carbocycles. The lowest BCUT2D eigenvalue weighted by Gasteiger charge is -2.45. The molecule has 1 fully saturated rings. The molecule has 48 heavy (non-hydrogen) atoms. The van der Waals surface area contributed by atoms with Crippen LogP contribution in [0.3, 0.4) is 0 Å². The Kier molecular flexibility index (Phi) is 13.5. The van der Waals surface area contributed by atoms with E-state index in [1.54, 1.807) is 0 Å². The molecular formula is C39H45NO7S. The van der Waals surface area contributed by atoms with Gasteiger partial charge in [0.05, 0.1) is 37.8 Å². The lowest BCUT2D eigenvalue weighted by Crippen LogP contribution is -2.61. The van der Waals surface area contributed by atoms with Crippen LogP contribution in [0.2, 0.25) is 0 Å². The van der Waals surface area contributed by atoms with Gasteiger partial charge in [0.15, 0.2) is 6.40 Å². The third kappa shape index (κ3) is 10.9. The van der Waals surface area contributed by atoms with Gasteiger partial charge in [-0.25, -0.2) is 4.21 Å². The molecule has 1 saturated heterocycles. The van der Waals surface area contributed by atoms with Crippen molar-refractivity contribution < 1.29 is 32.6 Å². The van der Waals surface area contributed by atoms with Crippen molar-refractivity contribution in [1.82, 2.24) is 0 Å². The van der Waals surface area contributed by atoms with E-state index in [4.69, 9.17) is 28.4 Å². The fourth-order valence-corrected chi connectivity index (χ4v) is 5.58. The SMILES string of the molecule is CC(C)(C)S(=O)/N=C/O[C@@H]1O[C@H](COCc2ccccc2)[C@@H](OCc2ccccc2)[C@H](OCc2ccccc2)[C@H]1OCc1ccccc1. The second-order valence-corrected chi connectivity index (χ2v) is 14.5.